The Labute approximate surface area is 126 Å². The summed E-state index contributed by atoms with van der Waals surface area (Å²) in [5, 5.41) is 2.86. The third kappa shape index (κ3) is 2.54. The summed E-state index contributed by atoms with van der Waals surface area (Å²) in [5.74, 6) is -0.00184. The number of carbonyl (C=O) groups is 2. The molecule has 0 radical (unpaired) electrons. The lowest BCUT2D eigenvalue weighted by atomic mass is 10.0. The van der Waals surface area contributed by atoms with Gasteiger partial charge >= 0.3 is 0 Å². The van der Waals surface area contributed by atoms with Crippen molar-refractivity contribution in [3.8, 4) is 0 Å². The Morgan fingerprint density at radius 2 is 2.14 bits per heavy atom. The van der Waals surface area contributed by atoms with E-state index in [1.54, 1.807) is 35.6 Å². The van der Waals surface area contributed by atoms with Crippen LogP contribution in [0.3, 0.4) is 0 Å². The van der Waals surface area contributed by atoms with Crippen LogP contribution in [0.2, 0.25) is 0 Å². The van der Waals surface area contributed by atoms with Gasteiger partial charge in [0.2, 0.25) is 5.91 Å². The SMILES string of the molecule is Cn1cc(NC(=O)[C@H]2CSc3ccccc32)cc1C(N)=O. The van der Waals surface area contributed by atoms with E-state index in [1.807, 2.05) is 24.3 Å². The maximum Gasteiger partial charge on any atom is 0.265 e. The molecule has 2 amide bonds. The lowest BCUT2D eigenvalue weighted by molar-refractivity contribution is -0.117. The maximum atomic E-state index is 12.4. The summed E-state index contributed by atoms with van der Waals surface area (Å²) < 4.78 is 1.61. The Bertz CT molecular complexity index is 723. The average Bonchev–Trinajstić information content (AvgIpc) is 3.02. The van der Waals surface area contributed by atoms with Crippen molar-refractivity contribution < 1.29 is 9.59 Å². The van der Waals surface area contributed by atoms with E-state index in [0.29, 0.717) is 11.4 Å². The first-order chi connectivity index (χ1) is 10.1. The van der Waals surface area contributed by atoms with Crippen LogP contribution >= 0.6 is 11.8 Å². The normalized spacial score (nSPS) is 16.5. The Hall–Kier alpha value is -2.21. The fraction of sp³-hybridized carbons (Fsp3) is 0.200. The summed E-state index contributed by atoms with van der Waals surface area (Å²) in [5.41, 5.74) is 7.29. The number of carbonyl (C=O) groups excluding carboxylic acids is 2. The minimum atomic E-state index is -0.514. The van der Waals surface area contributed by atoms with E-state index in [4.69, 9.17) is 5.73 Å². The quantitative estimate of drug-likeness (QED) is 0.909. The zero-order valence-electron chi connectivity index (χ0n) is 11.5. The van der Waals surface area contributed by atoms with Gasteiger partial charge in [-0.3, -0.25) is 9.59 Å². The number of thioether (sulfide) groups is 1. The Kier molecular flexibility index (Phi) is 3.47. The van der Waals surface area contributed by atoms with Crippen LogP contribution in [-0.2, 0) is 11.8 Å². The molecule has 0 spiro atoms. The fourth-order valence-electron chi connectivity index (χ4n) is 2.49. The van der Waals surface area contributed by atoms with Crippen molar-refractivity contribution in [2.45, 2.75) is 10.8 Å². The Balaban J connectivity index is 1.79. The number of benzene rings is 1. The molecule has 1 aliphatic heterocycles. The molecular weight excluding hydrogens is 286 g/mol. The molecular formula is C15H15N3O2S. The van der Waals surface area contributed by atoms with E-state index in [0.717, 1.165) is 16.2 Å². The average molecular weight is 301 g/mol. The lowest BCUT2D eigenvalue weighted by Gasteiger charge is -2.10. The molecule has 1 aliphatic rings. The lowest BCUT2D eigenvalue weighted by Crippen LogP contribution is -2.20. The molecule has 0 saturated heterocycles. The number of fused-ring (bicyclic) bond motifs is 1. The Morgan fingerprint density at radius 1 is 1.38 bits per heavy atom. The highest BCUT2D eigenvalue weighted by Gasteiger charge is 2.29. The van der Waals surface area contributed by atoms with Crippen LogP contribution < -0.4 is 11.1 Å². The number of rotatable bonds is 3. The monoisotopic (exact) mass is 301 g/mol. The summed E-state index contributed by atoms with van der Waals surface area (Å²) in [6, 6.07) is 9.52. The number of hydrogen-bond acceptors (Lipinski definition) is 3. The van der Waals surface area contributed by atoms with Gasteiger partial charge in [0.25, 0.3) is 5.91 Å². The van der Waals surface area contributed by atoms with Gasteiger partial charge in [-0.25, -0.2) is 0 Å². The first-order valence-electron chi connectivity index (χ1n) is 6.55. The van der Waals surface area contributed by atoms with E-state index in [2.05, 4.69) is 5.32 Å². The first-order valence-corrected chi connectivity index (χ1v) is 7.53. The molecule has 0 aliphatic carbocycles. The van der Waals surface area contributed by atoms with Gasteiger partial charge in [-0.2, -0.15) is 0 Å². The number of hydrogen-bond donors (Lipinski definition) is 2. The molecule has 3 N–H and O–H groups in total. The molecule has 0 fully saturated rings. The number of nitrogens with one attached hydrogen (secondary N) is 1. The molecule has 1 aromatic heterocycles. The van der Waals surface area contributed by atoms with Gasteiger partial charge in [-0.15, -0.1) is 11.8 Å². The van der Waals surface area contributed by atoms with Crippen LogP contribution in [0.4, 0.5) is 5.69 Å². The molecule has 0 bridgehead atoms. The number of amides is 2. The minimum Gasteiger partial charge on any atom is -0.364 e. The third-order valence-electron chi connectivity index (χ3n) is 3.54. The zero-order valence-corrected chi connectivity index (χ0v) is 12.3. The van der Waals surface area contributed by atoms with E-state index in [9.17, 15) is 9.59 Å². The van der Waals surface area contributed by atoms with Gasteiger partial charge in [0.1, 0.15) is 5.69 Å². The minimum absolute atomic E-state index is 0.0610. The topological polar surface area (TPSA) is 77.1 Å². The van der Waals surface area contributed by atoms with Gasteiger partial charge in [0.05, 0.1) is 11.6 Å². The third-order valence-corrected chi connectivity index (χ3v) is 4.72. The van der Waals surface area contributed by atoms with Crippen molar-refractivity contribution in [3.05, 3.63) is 47.8 Å². The summed E-state index contributed by atoms with van der Waals surface area (Å²) in [4.78, 5) is 24.8. The number of aryl methyl sites for hydroxylation is 1. The van der Waals surface area contributed by atoms with Gasteiger partial charge in [0.15, 0.2) is 0 Å². The molecule has 6 heteroatoms. The van der Waals surface area contributed by atoms with Crippen molar-refractivity contribution in [2.75, 3.05) is 11.1 Å². The molecule has 1 atom stereocenters. The summed E-state index contributed by atoms with van der Waals surface area (Å²) in [6.45, 7) is 0. The smallest absolute Gasteiger partial charge is 0.265 e. The molecule has 21 heavy (non-hydrogen) atoms. The van der Waals surface area contributed by atoms with Crippen molar-refractivity contribution in [1.82, 2.24) is 4.57 Å². The predicted octanol–water partition coefficient (Wildman–Crippen LogP) is 1.95. The van der Waals surface area contributed by atoms with Crippen LogP contribution in [-0.4, -0.2) is 22.1 Å². The summed E-state index contributed by atoms with van der Waals surface area (Å²) >= 11 is 1.69. The largest absolute Gasteiger partial charge is 0.364 e. The number of primary amides is 1. The van der Waals surface area contributed by atoms with Crippen LogP contribution in [0.5, 0.6) is 0 Å². The molecule has 5 nitrogen and oxygen atoms in total. The van der Waals surface area contributed by atoms with Crippen molar-refractivity contribution in [3.63, 3.8) is 0 Å². The number of anilines is 1. The van der Waals surface area contributed by atoms with Crippen molar-refractivity contribution >= 4 is 29.3 Å². The fourth-order valence-corrected chi connectivity index (χ4v) is 3.72. The van der Waals surface area contributed by atoms with Crippen LogP contribution in [0, 0.1) is 0 Å². The molecule has 108 valence electrons. The van der Waals surface area contributed by atoms with Crippen LogP contribution in [0.25, 0.3) is 0 Å². The molecule has 3 rings (SSSR count). The van der Waals surface area contributed by atoms with Crippen LogP contribution in [0.15, 0.2) is 41.4 Å². The summed E-state index contributed by atoms with van der Waals surface area (Å²) in [7, 11) is 1.72. The standard InChI is InChI=1S/C15H15N3O2S/c1-18-7-9(6-12(18)14(16)19)17-15(20)11-8-21-13-5-3-2-4-10(11)13/h2-7,11H,8H2,1H3,(H2,16,19)(H,17,20)/t11-/m0/s1. The van der Waals surface area contributed by atoms with E-state index in [1.165, 1.54) is 0 Å². The molecule has 2 heterocycles. The predicted molar refractivity (Wildman–Crippen MR) is 82.5 cm³/mol. The van der Waals surface area contributed by atoms with Crippen molar-refractivity contribution in [1.29, 1.82) is 0 Å². The number of nitrogens with zero attached hydrogens (tertiary/aromatic N) is 1. The van der Waals surface area contributed by atoms with E-state index < -0.39 is 5.91 Å². The van der Waals surface area contributed by atoms with Crippen LogP contribution in [0.1, 0.15) is 22.0 Å². The second-order valence-corrected chi connectivity index (χ2v) is 6.04. The van der Waals surface area contributed by atoms with Gasteiger partial charge < -0.3 is 15.6 Å². The molecule has 2 aromatic rings. The number of aromatic nitrogens is 1. The highest BCUT2D eigenvalue weighted by molar-refractivity contribution is 7.99. The Morgan fingerprint density at radius 3 is 2.86 bits per heavy atom. The summed E-state index contributed by atoms with van der Waals surface area (Å²) in [6.07, 6.45) is 1.69. The van der Waals surface area contributed by atoms with Gasteiger partial charge in [0, 0.05) is 23.9 Å². The highest BCUT2D eigenvalue weighted by atomic mass is 32.2. The van der Waals surface area contributed by atoms with E-state index >= 15 is 0 Å². The van der Waals surface area contributed by atoms with Gasteiger partial charge in [-0.05, 0) is 17.7 Å². The maximum absolute atomic E-state index is 12.4. The molecule has 1 aromatic carbocycles. The van der Waals surface area contributed by atoms with E-state index in [-0.39, 0.29) is 11.8 Å². The number of nitrogens with two attached hydrogens (primary N) is 1. The van der Waals surface area contributed by atoms with Crippen molar-refractivity contribution in [2.24, 2.45) is 12.8 Å². The molecule has 0 unspecified atom stereocenters. The zero-order chi connectivity index (χ0) is 15.0. The molecule has 0 saturated carbocycles. The van der Waals surface area contributed by atoms with Gasteiger partial charge in [-0.1, -0.05) is 18.2 Å². The first kappa shape index (κ1) is 13.8. The second kappa shape index (κ2) is 5.29. The second-order valence-electron chi connectivity index (χ2n) is 4.98. The highest BCUT2D eigenvalue weighted by Crippen LogP contribution is 2.39.